The average molecular weight is 500 g/mol. The number of ether oxygens (including phenoxy) is 4. The van der Waals surface area contributed by atoms with Crippen LogP contribution in [-0.2, 0) is 28.6 Å². The van der Waals surface area contributed by atoms with Gasteiger partial charge in [-0.25, -0.2) is 4.79 Å². The summed E-state index contributed by atoms with van der Waals surface area (Å²) in [4.78, 5) is 39.6. The van der Waals surface area contributed by atoms with Gasteiger partial charge in [0.2, 0.25) is 0 Å². The summed E-state index contributed by atoms with van der Waals surface area (Å²) in [5.74, 6) is -2.59. The molecule has 0 unspecified atom stereocenters. The van der Waals surface area contributed by atoms with E-state index >= 15 is 0 Å². The monoisotopic (exact) mass is 499 g/mol. The molecule has 0 radical (unpaired) electrons. The first kappa shape index (κ1) is 27.5. The lowest BCUT2D eigenvalue weighted by Gasteiger charge is -2.38. The number of nitrogens with one attached hydrogen (secondary N) is 1. The quantitative estimate of drug-likeness (QED) is 0.292. The maximum atomic E-state index is 13.8. The highest BCUT2D eigenvalue weighted by atomic mass is 16.6. The molecular weight excluding hydrogens is 462 g/mol. The maximum absolute atomic E-state index is 13.8. The Morgan fingerprint density at radius 2 is 1.81 bits per heavy atom. The van der Waals surface area contributed by atoms with E-state index in [2.05, 4.69) is 5.32 Å². The summed E-state index contributed by atoms with van der Waals surface area (Å²) in [6.07, 6.45) is 1.38. The van der Waals surface area contributed by atoms with Gasteiger partial charge in [0.05, 0.1) is 32.0 Å². The molecule has 1 aromatic carbocycles. The molecule has 0 saturated carbocycles. The molecule has 8 nitrogen and oxygen atoms in total. The largest absolute Gasteiger partial charge is 0.494 e. The van der Waals surface area contributed by atoms with Crippen molar-refractivity contribution in [1.29, 1.82) is 0 Å². The fourth-order valence-electron chi connectivity index (χ4n) is 4.76. The Labute approximate surface area is 213 Å². The predicted octanol–water partition coefficient (Wildman–Crippen LogP) is 4.06. The van der Waals surface area contributed by atoms with Crippen molar-refractivity contribution in [2.24, 2.45) is 11.8 Å². The number of allylic oxidation sites excluding steroid dienone is 3. The van der Waals surface area contributed by atoms with Crippen LogP contribution in [0.25, 0.3) is 0 Å². The van der Waals surface area contributed by atoms with Crippen LogP contribution in [0, 0.1) is 11.8 Å². The molecule has 3 atom stereocenters. The van der Waals surface area contributed by atoms with Crippen LogP contribution < -0.4 is 10.1 Å². The van der Waals surface area contributed by atoms with Gasteiger partial charge in [0, 0.05) is 22.9 Å². The van der Waals surface area contributed by atoms with Crippen LogP contribution in [0.5, 0.6) is 5.75 Å². The zero-order valence-electron chi connectivity index (χ0n) is 22.0. The molecule has 1 aromatic rings. The Morgan fingerprint density at radius 3 is 2.42 bits per heavy atom. The van der Waals surface area contributed by atoms with Gasteiger partial charge in [0.25, 0.3) is 0 Å². The Bertz CT molecular complexity index is 1040. The van der Waals surface area contributed by atoms with Gasteiger partial charge in [0.15, 0.2) is 5.78 Å². The number of Topliss-reactive ketones (excluding diaryl/α,β-unsaturated/α-hetero) is 1. The van der Waals surface area contributed by atoms with Crippen molar-refractivity contribution in [3.8, 4) is 5.75 Å². The smallest absolute Gasteiger partial charge is 0.336 e. The molecule has 196 valence electrons. The molecule has 0 aromatic heterocycles. The van der Waals surface area contributed by atoms with Gasteiger partial charge in [0.1, 0.15) is 18.3 Å². The van der Waals surface area contributed by atoms with Crippen LogP contribution in [-0.4, -0.2) is 50.8 Å². The number of benzene rings is 1. The molecule has 1 N–H and O–H groups in total. The first-order valence-electron chi connectivity index (χ1n) is 12.5. The van der Waals surface area contributed by atoms with E-state index < -0.39 is 23.8 Å². The molecule has 2 aliphatic rings. The van der Waals surface area contributed by atoms with Crippen LogP contribution in [0.2, 0.25) is 0 Å². The summed E-state index contributed by atoms with van der Waals surface area (Å²) in [5.41, 5.74) is 2.83. The van der Waals surface area contributed by atoms with Crippen LogP contribution in [0.1, 0.15) is 58.9 Å². The van der Waals surface area contributed by atoms with Crippen LogP contribution in [0.4, 0.5) is 0 Å². The zero-order valence-corrected chi connectivity index (χ0v) is 22.0. The van der Waals surface area contributed by atoms with Crippen molar-refractivity contribution in [2.45, 2.75) is 59.5 Å². The molecule has 1 heterocycles. The Kier molecular flexibility index (Phi) is 9.31. The number of rotatable bonds is 10. The Hall–Kier alpha value is -3.13. The molecule has 0 saturated heterocycles. The molecule has 3 rings (SSSR count). The minimum atomic E-state index is -0.930. The minimum absolute atomic E-state index is 0.0204. The second kappa shape index (κ2) is 12.2. The Morgan fingerprint density at radius 1 is 1.11 bits per heavy atom. The first-order valence-corrected chi connectivity index (χ1v) is 12.5. The molecular formula is C28H37NO7. The third-order valence-corrected chi connectivity index (χ3v) is 6.42. The number of carbonyl (C=O) groups excluding carboxylic acids is 3. The molecule has 0 fully saturated rings. The number of dihydropyridines is 1. The van der Waals surface area contributed by atoms with E-state index in [9.17, 15) is 14.4 Å². The number of hydrogen-bond acceptors (Lipinski definition) is 8. The summed E-state index contributed by atoms with van der Waals surface area (Å²) < 4.78 is 21.7. The van der Waals surface area contributed by atoms with E-state index in [-0.39, 0.29) is 31.0 Å². The van der Waals surface area contributed by atoms with Crippen molar-refractivity contribution < 1.29 is 33.3 Å². The van der Waals surface area contributed by atoms with E-state index in [0.29, 0.717) is 35.6 Å². The minimum Gasteiger partial charge on any atom is -0.494 e. The van der Waals surface area contributed by atoms with E-state index in [1.54, 1.807) is 6.92 Å². The van der Waals surface area contributed by atoms with Crippen LogP contribution in [0.3, 0.4) is 0 Å². The number of esters is 2. The second-order valence-corrected chi connectivity index (χ2v) is 9.51. The molecule has 0 bridgehead atoms. The summed E-state index contributed by atoms with van der Waals surface area (Å²) in [6, 6.07) is 7.37. The summed E-state index contributed by atoms with van der Waals surface area (Å²) in [6.45, 7) is 10.5. The van der Waals surface area contributed by atoms with Gasteiger partial charge in [-0.05, 0) is 57.2 Å². The van der Waals surface area contributed by atoms with Gasteiger partial charge >= 0.3 is 11.9 Å². The lowest BCUT2D eigenvalue weighted by Crippen LogP contribution is -2.43. The molecule has 36 heavy (non-hydrogen) atoms. The van der Waals surface area contributed by atoms with E-state index in [4.69, 9.17) is 18.9 Å². The van der Waals surface area contributed by atoms with Gasteiger partial charge in [-0.2, -0.15) is 0 Å². The SMILES string of the molecule is CCCOc1ccc([C@H]2C(C(=O)OCCOC(C)C)=C(C)NC3=C2C(=O)[C@@H](C(=O)OC)[C@H](C)C3)cc1. The molecule has 1 aliphatic heterocycles. The topological polar surface area (TPSA) is 100 Å². The van der Waals surface area contributed by atoms with Crippen molar-refractivity contribution >= 4 is 17.7 Å². The number of carbonyl (C=O) groups is 3. The highest BCUT2D eigenvalue weighted by Crippen LogP contribution is 2.45. The third-order valence-electron chi connectivity index (χ3n) is 6.42. The van der Waals surface area contributed by atoms with Gasteiger partial charge in [-0.3, -0.25) is 9.59 Å². The van der Waals surface area contributed by atoms with Gasteiger partial charge in [-0.1, -0.05) is 26.0 Å². The average Bonchev–Trinajstić information content (AvgIpc) is 2.84. The number of hydrogen-bond donors (Lipinski definition) is 1. The highest BCUT2D eigenvalue weighted by molar-refractivity contribution is 6.12. The van der Waals surface area contributed by atoms with Crippen molar-refractivity contribution in [2.75, 3.05) is 26.9 Å². The molecule has 1 aliphatic carbocycles. The van der Waals surface area contributed by atoms with Crippen molar-refractivity contribution in [3.05, 3.63) is 52.4 Å². The summed E-state index contributed by atoms with van der Waals surface area (Å²) in [5, 5.41) is 3.26. The van der Waals surface area contributed by atoms with Crippen LogP contribution >= 0.6 is 0 Å². The fraction of sp³-hybridized carbons (Fsp3) is 0.536. The number of methoxy groups -OCH3 is 1. The zero-order chi connectivity index (χ0) is 26.4. The summed E-state index contributed by atoms with van der Waals surface area (Å²) >= 11 is 0. The highest BCUT2D eigenvalue weighted by Gasteiger charge is 2.47. The lowest BCUT2D eigenvalue weighted by atomic mass is 9.69. The van der Waals surface area contributed by atoms with Gasteiger partial charge in [-0.15, -0.1) is 0 Å². The maximum Gasteiger partial charge on any atom is 0.336 e. The standard InChI is InChI=1S/C28H37NO7/c1-7-12-35-20-10-8-19(9-11-20)24-23(28(32)36-14-13-34-16(2)3)18(5)29-21-15-17(4)22(27(31)33-6)26(30)25(21)24/h8-11,16-17,22,24,29H,7,12-15H2,1-6H3/t17-,22+,24+/m1/s1. The Balaban J connectivity index is 2.01. The van der Waals surface area contributed by atoms with E-state index in [1.165, 1.54) is 7.11 Å². The second-order valence-electron chi connectivity index (χ2n) is 9.51. The third kappa shape index (κ3) is 5.98. The lowest BCUT2D eigenvalue weighted by molar-refractivity contribution is -0.151. The fourth-order valence-corrected chi connectivity index (χ4v) is 4.76. The number of ketones is 1. The first-order chi connectivity index (χ1) is 17.2. The van der Waals surface area contributed by atoms with E-state index in [1.807, 2.05) is 52.0 Å². The normalized spacial score (nSPS) is 21.8. The van der Waals surface area contributed by atoms with E-state index in [0.717, 1.165) is 17.7 Å². The van der Waals surface area contributed by atoms with Crippen molar-refractivity contribution in [1.82, 2.24) is 5.32 Å². The van der Waals surface area contributed by atoms with Crippen molar-refractivity contribution in [3.63, 3.8) is 0 Å². The van der Waals surface area contributed by atoms with Crippen LogP contribution in [0.15, 0.2) is 46.8 Å². The molecule has 0 spiro atoms. The molecule has 8 heteroatoms. The van der Waals surface area contributed by atoms with Gasteiger partial charge < -0.3 is 24.3 Å². The molecule has 0 amide bonds. The summed E-state index contributed by atoms with van der Waals surface area (Å²) in [7, 11) is 1.28. The predicted molar refractivity (Wildman–Crippen MR) is 134 cm³/mol.